The summed E-state index contributed by atoms with van der Waals surface area (Å²) in [7, 11) is 0. The summed E-state index contributed by atoms with van der Waals surface area (Å²) in [6.07, 6.45) is -4.03. The van der Waals surface area contributed by atoms with Crippen LogP contribution in [0.25, 0.3) is 11.2 Å². The molecule has 4 N–H and O–H groups in total. The largest absolute Gasteiger partial charge is 0.421 e. The van der Waals surface area contributed by atoms with Crippen molar-refractivity contribution < 1.29 is 30.9 Å². The van der Waals surface area contributed by atoms with Gasteiger partial charge in [0.25, 0.3) is 0 Å². The average molecular weight is 305 g/mol. The number of aliphatic hydroxyl groups excluding tert-OH is 2. The maximum Gasteiger partial charge on any atom is 0.421 e. The molecule has 0 bridgehead atoms. The fourth-order valence-corrected chi connectivity index (χ4v) is 2.37. The first-order chi connectivity index (χ1) is 9.52. The molecule has 0 radical (unpaired) electrons. The number of nitrogens with zero attached hydrogens (tertiary/aromatic N) is 4. The lowest BCUT2D eigenvalue weighted by atomic mass is 10.1. The minimum Gasteiger partial charge on any atom is -0.394 e. The van der Waals surface area contributed by atoms with Crippen molar-refractivity contribution in [2.75, 3.05) is 12.3 Å². The Hall–Kier alpha value is -1.55. The van der Waals surface area contributed by atoms with Crippen molar-refractivity contribution >= 4 is 17.0 Å². The number of hydrogen-bond acceptors (Lipinski definition) is 7. The second-order valence-corrected chi connectivity index (χ2v) is 4.76. The lowest BCUT2D eigenvalue weighted by Gasteiger charge is -2.14. The van der Waals surface area contributed by atoms with Crippen LogP contribution in [0.4, 0.5) is 10.2 Å². The van der Waals surface area contributed by atoms with Crippen LogP contribution in [0.15, 0.2) is 6.33 Å². The van der Waals surface area contributed by atoms with E-state index in [1.54, 1.807) is 0 Å². The van der Waals surface area contributed by atoms with Crippen molar-refractivity contribution in [2.45, 2.75) is 24.6 Å². The average Bonchev–Trinajstić information content (AvgIpc) is 2.93. The van der Waals surface area contributed by atoms with Crippen molar-refractivity contribution in [2.24, 2.45) is 0 Å². The van der Waals surface area contributed by atoms with Crippen molar-refractivity contribution in [3.05, 3.63) is 11.6 Å². The third-order valence-electron chi connectivity index (χ3n) is 3.18. The van der Waals surface area contributed by atoms with E-state index >= 15 is 0 Å². The molecule has 108 valence electrons. The fraction of sp³-hybridized carbons (Fsp3) is 0.500. The van der Waals surface area contributed by atoms with Crippen LogP contribution in [0.2, 0.25) is 5.28 Å². The summed E-state index contributed by atoms with van der Waals surface area (Å²) in [5, 5.41) is 18.7. The molecule has 8 nitrogen and oxygen atoms in total. The summed E-state index contributed by atoms with van der Waals surface area (Å²) in [5.41, 5.74) is 6.16. The van der Waals surface area contributed by atoms with Crippen LogP contribution in [0, 0.1) is 11.6 Å². The van der Waals surface area contributed by atoms with E-state index in [0.717, 1.165) is 0 Å². The highest BCUT2D eigenvalue weighted by atomic mass is 35.5. The van der Waals surface area contributed by atoms with Gasteiger partial charge in [-0.3, -0.25) is 4.57 Å². The zero-order valence-electron chi connectivity index (χ0n) is 10.0. The van der Waals surface area contributed by atoms with E-state index < -0.39 is 31.2 Å². The van der Waals surface area contributed by atoms with Gasteiger partial charge in [-0.15, -0.1) is 0 Å². The SMILES string of the molecule is Nc1nc([ClH+])nc2c1ncn2[C@@H]1O[C@H](CO)[C@@H](O)[C@@H]1F. The van der Waals surface area contributed by atoms with Gasteiger partial charge in [0.15, 0.2) is 41.0 Å². The van der Waals surface area contributed by atoms with E-state index in [2.05, 4.69) is 15.0 Å². The lowest BCUT2D eigenvalue weighted by molar-refractivity contribution is -0.303. The van der Waals surface area contributed by atoms with Gasteiger partial charge in [-0.1, -0.05) is 0 Å². The molecule has 4 atom stereocenters. The zero-order valence-corrected chi connectivity index (χ0v) is 10.9. The first-order valence-corrected chi connectivity index (χ1v) is 6.19. The van der Waals surface area contributed by atoms with Crippen LogP contribution < -0.4 is 5.73 Å². The molecular formula is C10H12ClFN5O3+. The maximum absolute atomic E-state index is 14.1. The molecule has 0 saturated carbocycles. The Kier molecular flexibility index (Phi) is 3.21. The van der Waals surface area contributed by atoms with Crippen molar-refractivity contribution in [1.82, 2.24) is 19.5 Å². The van der Waals surface area contributed by atoms with Gasteiger partial charge < -0.3 is 20.7 Å². The molecule has 2 aromatic rings. The molecule has 1 fully saturated rings. The highest BCUT2D eigenvalue weighted by Crippen LogP contribution is 2.33. The number of fused-ring (bicyclic) bond motifs is 1. The summed E-state index contributed by atoms with van der Waals surface area (Å²) in [6.45, 7) is -0.492. The van der Waals surface area contributed by atoms with Gasteiger partial charge in [0.1, 0.15) is 12.2 Å². The van der Waals surface area contributed by atoms with Crippen molar-refractivity contribution in [3.63, 3.8) is 0 Å². The monoisotopic (exact) mass is 304 g/mol. The second kappa shape index (κ2) is 4.77. The van der Waals surface area contributed by atoms with E-state index in [9.17, 15) is 9.50 Å². The minimum absolute atomic E-state index is 0.00408. The van der Waals surface area contributed by atoms with Crippen molar-refractivity contribution in [3.8, 4) is 0 Å². The molecule has 3 heterocycles. The number of rotatable bonds is 2. The summed E-state index contributed by atoms with van der Waals surface area (Å²) in [5.74, 6) is 0.0893. The molecule has 2 aromatic heterocycles. The van der Waals surface area contributed by atoms with Gasteiger partial charge in [-0.2, -0.15) is 9.97 Å². The predicted molar refractivity (Wildman–Crippen MR) is 62.2 cm³/mol. The maximum atomic E-state index is 14.1. The number of aliphatic hydroxyl groups is 2. The van der Waals surface area contributed by atoms with Gasteiger partial charge in [-0.25, -0.2) is 9.37 Å². The summed E-state index contributed by atoms with van der Waals surface area (Å²) < 4.78 is 20.6. The molecule has 3 rings (SSSR count). The quantitative estimate of drug-likeness (QED) is 0.589. The smallest absolute Gasteiger partial charge is 0.394 e. The predicted octanol–water partition coefficient (Wildman–Crippen LogP) is -1.31. The molecule has 1 aliphatic heterocycles. The Balaban J connectivity index is 2.07. The number of anilines is 1. The number of halogens is 2. The van der Waals surface area contributed by atoms with Crippen LogP contribution in [-0.4, -0.2) is 54.7 Å². The van der Waals surface area contributed by atoms with Crippen LogP contribution in [0.3, 0.4) is 0 Å². The Morgan fingerprint density at radius 1 is 1.50 bits per heavy atom. The number of ether oxygens (including phenoxy) is 1. The number of hydrogen-bond donors (Lipinski definition) is 3. The fourth-order valence-electron chi connectivity index (χ4n) is 2.18. The number of nitrogens with two attached hydrogens (primary N) is 1. The zero-order chi connectivity index (χ0) is 14.4. The highest BCUT2D eigenvalue weighted by molar-refractivity contribution is 5.81. The lowest BCUT2D eigenvalue weighted by Crippen LogP contribution is -2.30. The number of imidazole rings is 1. The molecular weight excluding hydrogens is 293 g/mol. The van der Waals surface area contributed by atoms with Crippen molar-refractivity contribution in [1.29, 1.82) is 0 Å². The third kappa shape index (κ3) is 1.90. The second-order valence-electron chi connectivity index (χ2n) is 4.40. The number of aromatic nitrogens is 4. The molecule has 1 saturated heterocycles. The molecule has 20 heavy (non-hydrogen) atoms. The Morgan fingerprint density at radius 3 is 2.90 bits per heavy atom. The van der Waals surface area contributed by atoms with Crippen LogP contribution in [0.5, 0.6) is 0 Å². The number of nitrogen functional groups attached to an aromatic ring is 1. The topological polar surface area (TPSA) is 119 Å². The summed E-state index contributed by atoms with van der Waals surface area (Å²) in [6, 6.07) is 0. The van der Waals surface area contributed by atoms with Crippen LogP contribution >= 0.6 is 0 Å². The van der Waals surface area contributed by atoms with E-state index in [4.69, 9.17) is 27.2 Å². The molecule has 10 heteroatoms. The van der Waals surface area contributed by atoms with E-state index in [1.807, 2.05) is 0 Å². The first-order valence-electron chi connectivity index (χ1n) is 5.78. The molecule has 0 spiro atoms. The van der Waals surface area contributed by atoms with E-state index in [1.165, 1.54) is 10.9 Å². The van der Waals surface area contributed by atoms with Crippen LogP contribution in [-0.2, 0) is 4.74 Å². The number of alkyl halides is 1. The first kappa shape index (κ1) is 13.4. The summed E-state index contributed by atoms with van der Waals surface area (Å²) in [4.78, 5) is 11.8. The molecule has 0 unspecified atom stereocenters. The van der Waals surface area contributed by atoms with E-state index in [0.29, 0.717) is 0 Å². The molecule has 0 aromatic carbocycles. The van der Waals surface area contributed by atoms with Gasteiger partial charge >= 0.3 is 5.28 Å². The normalized spacial score (nSPS) is 30.2. The van der Waals surface area contributed by atoms with Gasteiger partial charge in [0.2, 0.25) is 0 Å². The Bertz CT molecular complexity index is 653. The third-order valence-corrected chi connectivity index (χ3v) is 3.36. The molecule has 0 aliphatic carbocycles. The van der Waals surface area contributed by atoms with Crippen LogP contribution in [0.1, 0.15) is 6.23 Å². The molecule has 1 aliphatic rings. The van der Waals surface area contributed by atoms with Gasteiger partial charge in [-0.05, 0) is 0 Å². The van der Waals surface area contributed by atoms with E-state index in [-0.39, 0.29) is 22.3 Å². The highest BCUT2D eigenvalue weighted by Gasteiger charge is 2.45. The Morgan fingerprint density at radius 2 is 2.25 bits per heavy atom. The standard InChI is InChI=1S/C10H12ClFN5O3/c11-10-15-7(13)5-8(16-10)17(2-14-5)9-4(12)6(19)3(1-18)20-9/h2-4,6,9,11,18-19H,1H2,(H2,13,15,16)/q+1/t3-,4+,6-,9-/m1/s1. The Labute approximate surface area is 117 Å². The minimum atomic E-state index is -1.73. The molecule has 0 amide bonds. The van der Waals surface area contributed by atoms with Gasteiger partial charge in [0, 0.05) is 0 Å². The summed E-state index contributed by atoms with van der Waals surface area (Å²) >= 11 is 4.86. The van der Waals surface area contributed by atoms with Gasteiger partial charge in [0.05, 0.1) is 12.9 Å².